The molecule has 0 saturated heterocycles. The minimum Gasteiger partial charge on any atom is -0.275 e. The third-order valence-electron chi connectivity index (χ3n) is 4.57. The van der Waals surface area contributed by atoms with E-state index in [2.05, 4.69) is 34.0 Å². The number of carbonyl (C=O) groups is 1. The van der Waals surface area contributed by atoms with Crippen molar-refractivity contribution in [1.29, 1.82) is 0 Å². The Morgan fingerprint density at radius 2 is 2.20 bits per heavy atom. The number of rotatable bonds is 4. The lowest BCUT2D eigenvalue weighted by atomic mass is 10.0. The van der Waals surface area contributed by atoms with Crippen molar-refractivity contribution in [3.63, 3.8) is 0 Å². The number of thiazole rings is 1. The van der Waals surface area contributed by atoms with Crippen LogP contribution < -0.4 is 4.90 Å². The van der Waals surface area contributed by atoms with E-state index in [0.717, 1.165) is 28.8 Å². The molecule has 1 aliphatic rings. The fraction of sp³-hybridized carbons (Fsp3) is 0.333. The van der Waals surface area contributed by atoms with Gasteiger partial charge in [-0.25, -0.2) is 9.97 Å². The molecular formula is C18H17ClN4OS. The van der Waals surface area contributed by atoms with Crippen molar-refractivity contribution in [2.75, 3.05) is 10.8 Å². The van der Waals surface area contributed by atoms with E-state index in [9.17, 15) is 4.79 Å². The van der Waals surface area contributed by atoms with Gasteiger partial charge in [0, 0.05) is 0 Å². The minimum absolute atomic E-state index is 0.103. The summed E-state index contributed by atoms with van der Waals surface area (Å²) in [5, 5.41) is 0. The molecule has 1 amide bonds. The van der Waals surface area contributed by atoms with Gasteiger partial charge in [-0.15, -0.1) is 22.9 Å². The quantitative estimate of drug-likeness (QED) is 0.656. The van der Waals surface area contributed by atoms with E-state index < -0.39 is 0 Å². The van der Waals surface area contributed by atoms with Crippen molar-refractivity contribution in [2.45, 2.75) is 32.7 Å². The molecule has 4 rings (SSSR count). The molecule has 0 saturated carbocycles. The van der Waals surface area contributed by atoms with Crippen LogP contribution in [0.2, 0.25) is 0 Å². The van der Waals surface area contributed by atoms with Gasteiger partial charge in [0.05, 0.1) is 18.3 Å². The number of halogens is 1. The third-order valence-corrected chi connectivity index (χ3v) is 5.54. The molecule has 2 heterocycles. The number of anilines is 1. The molecule has 0 N–H and O–H groups in total. The summed E-state index contributed by atoms with van der Waals surface area (Å²) >= 11 is 7.26. The average molecular weight is 373 g/mol. The van der Waals surface area contributed by atoms with E-state index >= 15 is 0 Å². The molecule has 1 aromatic carbocycles. The number of aromatic nitrogens is 3. The first-order valence-corrected chi connectivity index (χ1v) is 9.61. The van der Waals surface area contributed by atoms with Crippen molar-refractivity contribution in [3.8, 4) is 0 Å². The molecule has 25 heavy (non-hydrogen) atoms. The molecule has 0 fully saturated rings. The molecule has 5 nitrogen and oxygen atoms in total. The number of benzene rings is 1. The summed E-state index contributed by atoms with van der Waals surface area (Å²) in [5.74, 6) is 0.0674. The van der Waals surface area contributed by atoms with Crippen LogP contribution in [0.15, 0.2) is 23.8 Å². The Bertz CT molecular complexity index is 955. The van der Waals surface area contributed by atoms with E-state index in [1.54, 1.807) is 16.6 Å². The van der Waals surface area contributed by atoms with Crippen LogP contribution in [0.1, 0.15) is 28.7 Å². The van der Waals surface area contributed by atoms with Gasteiger partial charge >= 0.3 is 0 Å². The van der Waals surface area contributed by atoms with Crippen molar-refractivity contribution < 1.29 is 4.79 Å². The minimum atomic E-state index is -0.205. The molecule has 0 radical (unpaired) electrons. The summed E-state index contributed by atoms with van der Waals surface area (Å²) in [5.41, 5.74) is 7.70. The highest BCUT2D eigenvalue weighted by Gasteiger charge is 2.21. The maximum atomic E-state index is 12.4. The number of hydrogen-bond acceptors (Lipinski definition) is 5. The zero-order valence-corrected chi connectivity index (χ0v) is 15.4. The topological polar surface area (TPSA) is 59.0 Å². The van der Waals surface area contributed by atoms with Crippen LogP contribution in [-0.4, -0.2) is 26.7 Å². The Morgan fingerprint density at radius 3 is 3.04 bits per heavy atom. The summed E-state index contributed by atoms with van der Waals surface area (Å²) in [6, 6.07) is 4.36. The van der Waals surface area contributed by atoms with E-state index in [1.807, 2.05) is 0 Å². The number of hydrogen-bond donors (Lipinski definition) is 0. The highest BCUT2D eigenvalue weighted by atomic mass is 35.5. The summed E-state index contributed by atoms with van der Waals surface area (Å²) in [4.78, 5) is 27.7. The molecule has 1 aliphatic carbocycles. The second kappa shape index (κ2) is 6.69. The number of nitrogens with zero attached hydrogens (tertiary/aromatic N) is 4. The summed E-state index contributed by atoms with van der Waals surface area (Å²) in [6.07, 6.45) is 5.11. The molecule has 0 aliphatic heterocycles. The number of carbonyl (C=O) groups excluding carboxylic acids is 1. The molecule has 3 aromatic rings. The Morgan fingerprint density at radius 1 is 1.32 bits per heavy atom. The van der Waals surface area contributed by atoms with Gasteiger partial charge in [-0.3, -0.25) is 9.69 Å². The van der Waals surface area contributed by atoms with Gasteiger partial charge in [0.2, 0.25) is 11.9 Å². The van der Waals surface area contributed by atoms with E-state index in [0.29, 0.717) is 12.5 Å². The smallest absolute Gasteiger partial charge is 0.244 e. The average Bonchev–Trinajstić information content (AvgIpc) is 3.27. The Kier molecular flexibility index (Phi) is 4.39. The zero-order valence-electron chi connectivity index (χ0n) is 13.8. The fourth-order valence-corrected chi connectivity index (χ4v) is 4.18. The summed E-state index contributed by atoms with van der Waals surface area (Å²) in [7, 11) is 0. The first kappa shape index (κ1) is 16.4. The van der Waals surface area contributed by atoms with E-state index in [4.69, 9.17) is 11.6 Å². The van der Waals surface area contributed by atoms with E-state index in [-0.39, 0.29) is 11.8 Å². The van der Waals surface area contributed by atoms with Gasteiger partial charge in [-0.05, 0) is 48.4 Å². The molecule has 0 unspecified atom stereocenters. The lowest BCUT2D eigenvalue weighted by Crippen LogP contribution is -2.33. The number of alkyl halides is 1. The molecule has 7 heteroatoms. The van der Waals surface area contributed by atoms with Crippen LogP contribution in [0.3, 0.4) is 0 Å². The Labute approximate surface area is 154 Å². The molecule has 2 aromatic heterocycles. The fourth-order valence-electron chi connectivity index (χ4n) is 3.41. The van der Waals surface area contributed by atoms with Crippen LogP contribution >= 0.6 is 22.9 Å². The predicted octanol–water partition coefficient (Wildman–Crippen LogP) is 3.66. The van der Waals surface area contributed by atoms with Crippen molar-refractivity contribution in [3.05, 3.63) is 46.1 Å². The summed E-state index contributed by atoms with van der Waals surface area (Å²) < 4.78 is 0. The largest absolute Gasteiger partial charge is 0.275 e. The monoisotopic (exact) mass is 372 g/mol. The highest BCUT2D eigenvalue weighted by molar-refractivity contribution is 7.16. The van der Waals surface area contributed by atoms with Crippen molar-refractivity contribution >= 4 is 45.1 Å². The van der Waals surface area contributed by atoms with Crippen LogP contribution in [0.4, 0.5) is 5.95 Å². The van der Waals surface area contributed by atoms with Crippen LogP contribution in [-0.2, 0) is 24.2 Å². The van der Waals surface area contributed by atoms with Gasteiger partial charge < -0.3 is 0 Å². The predicted molar refractivity (Wildman–Crippen MR) is 100 cm³/mol. The molecule has 0 spiro atoms. The normalized spacial score (nSPS) is 13.2. The van der Waals surface area contributed by atoms with Gasteiger partial charge in [-0.2, -0.15) is 4.98 Å². The van der Waals surface area contributed by atoms with Gasteiger partial charge in [0.1, 0.15) is 16.2 Å². The number of fused-ring (bicyclic) bond motifs is 2. The van der Waals surface area contributed by atoms with Gasteiger partial charge in [-0.1, -0.05) is 12.1 Å². The number of amides is 1. The maximum Gasteiger partial charge on any atom is 0.244 e. The first-order chi connectivity index (χ1) is 12.2. The SMILES string of the molecule is Cc1cc(CN(C(=O)CCl)c2ncc3ncsc3n2)cc2c1CCC2. The van der Waals surface area contributed by atoms with Crippen LogP contribution in [0.5, 0.6) is 0 Å². The van der Waals surface area contributed by atoms with Crippen LogP contribution in [0, 0.1) is 6.92 Å². The third kappa shape index (κ3) is 3.12. The second-order valence-corrected chi connectivity index (χ2v) is 7.33. The molecule has 0 atom stereocenters. The standard InChI is InChI=1S/C18H17ClN4OS/c1-11-5-12(6-13-3-2-4-14(11)13)9-23(16(24)7-19)18-20-8-15-17(22-18)25-10-21-15/h5-6,8,10H,2-4,7,9H2,1H3. The van der Waals surface area contributed by atoms with Gasteiger partial charge in [0.15, 0.2) is 0 Å². The lowest BCUT2D eigenvalue weighted by Gasteiger charge is -2.20. The second-order valence-electron chi connectivity index (χ2n) is 6.23. The number of aryl methyl sites for hydroxylation is 2. The van der Waals surface area contributed by atoms with E-state index in [1.165, 1.54) is 34.4 Å². The highest BCUT2D eigenvalue weighted by Crippen LogP contribution is 2.28. The van der Waals surface area contributed by atoms with Crippen molar-refractivity contribution in [2.24, 2.45) is 0 Å². The van der Waals surface area contributed by atoms with Crippen molar-refractivity contribution in [1.82, 2.24) is 15.0 Å². The Balaban J connectivity index is 1.70. The van der Waals surface area contributed by atoms with Gasteiger partial charge in [0.25, 0.3) is 0 Å². The molecule has 0 bridgehead atoms. The molecular weight excluding hydrogens is 356 g/mol. The Hall–Kier alpha value is -2.05. The summed E-state index contributed by atoms with van der Waals surface area (Å²) in [6.45, 7) is 2.56. The maximum absolute atomic E-state index is 12.4. The van der Waals surface area contributed by atoms with Crippen LogP contribution in [0.25, 0.3) is 10.3 Å². The molecule has 128 valence electrons. The zero-order chi connectivity index (χ0) is 17.4. The lowest BCUT2D eigenvalue weighted by molar-refractivity contribution is -0.116. The first-order valence-electron chi connectivity index (χ1n) is 8.19.